The molecule has 3 aromatic carbocycles. The molecule has 4 nitrogen and oxygen atoms in total. The summed E-state index contributed by atoms with van der Waals surface area (Å²) in [6.45, 7) is 2.40. The Hall–Kier alpha value is -1.81. The maximum Gasteiger partial charge on any atom is 0.264 e. The second kappa shape index (κ2) is 10.4. The van der Waals surface area contributed by atoms with Crippen LogP contribution in [0.4, 0.5) is 5.69 Å². The first-order chi connectivity index (χ1) is 15.4. The fraction of sp³-hybridized carbons (Fsp3) is 0.0833. The van der Waals surface area contributed by atoms with Crippen molar-refractivity contribution in [1.29, 1.82) is 0 Å². The van der Waals surface area contributed by atoms with Crippen LogP contribution in [0.1, 0.15) is 16.7 Å². The van der Waals surface area contributed by atoms with Crippen LogP contribution in [-0.2, 0) is 11.4 Å². The fourth-order valence-electron chi connectivity index (χ4n) is 2.92. The quantitative estimate of drug-likeness (QED) is 0.233. The molecule has 0 radical (unpaired) electrons. The standard InChI is InChI=1S/C24H17BrClIN2O2S/c1-14-18(26)3-2-4-20(14)28-24-29-23(30)22(32-24)12-16-7-10-21(19(27)11-16)31-13-15-5-8-17(25)9-6-15/h2-12H,13H2,1H3,(H,28,29,30)/b22-12+. The normalized spacial score (nSPS) is 15.9. The van der Waals surface area contributed by atoms with Crippen LogP contribution in [0.2, 0.25) is 5.02 Å². The van der Waals surface area contributed by atoms with Crippen molar-refractivity contribution in [1.82, 2.24) is 5.32 Å². The summed E-state index contributed by atoms with van der Waals surface area (Å²) in [5, 5.41) is 4.01. The van der Waals surface area contributed by atoms with Gasteiger partial charge in [0.25, 0.3) is 5.91 Å². The lowest BCUT2D eigenvalue weighted by Crippen LogP contribution is -2.19. The van der Waals surface area contributed by atoms with Gasteiger partial charge in [0.15, 0.2) is 5.17 Å². The van der Waals surface area contributed by atoms with Crippen LogP contribution in [0, 0.1) is 10.5 Å². The Morgan fingerprint density at radius 2 is 1.97 bits per heavy atom. The Balaban J connectivity index is 1.47. The van der Waals surface area contributed by atoms with Crippen LogP contribution in [0.25, 0.3) is 6.08 Å². The van der Waals surface area contributed by atoms with E-state index in [1.165, 1.54) is 11.8 Å². The minimum atomic E-state index is -0.168. The molecule has 1 aliphatic heterocycles. The molecule has 1 amide bonds. The first kappa shape index (κ1) is 23.4. The van der Waals surface area contributed by atoms with Gasteiger partial charge in [-0.2, -0.15) is 0 Å². The van der Waals surface area contributed by atoms with E-state index in [4.69, 9.17) is 16.3 Å². The van der Waals surface area contributed by atoms with Gasteiger partial charge in [0.2, 0.25) is 0 Å². The molecule has 1 N–H and O–H groups in total. The van der Waals surface area contributed by atoms with E-state index in [1.54, 1.807) is 0 Å². The predicted octanol–water partition coefficient (Wildman–Crippen LogP) is 7.49. The van der Waals surface area contributed by atoms with Crippen LogP contribution in [0.15, 0.2) is 75.0 Å². The molecule has 3 aromatic rings. The number of aliphatic imine (C=N–C) groups is 1. The number of amides is 1. The number of halogens is 3. The van der Waals surface area contributed by atoms with Gasteiger partial charge in [0.05, 0.1) is 14.2 Å². The summed E-state index contributed by atoms with van der Waals surface area (Å²) in [5.41, 5.74) is 3.63. The molecule has 0 saturated carbocycles. The number of amidine groups is 1. The van der Waals surface area contributed by atoms with Crippen molar-refractivity contribution in [2.24, 2.45) is 4.99 Å². The van der Waals surface area contributed by atoms with E-state index in [0.717, 1.165) is 36.2 Å². The first-order valence-electron chi connectivity index (χ1n) is 9.60. The fourth-order valence-corrected chi connectivity index (χ4v) is 4.89. The summed E-state index contributed by atoms with van der Waals surface area (Å²) in [7, 11) is 0. The summed E-state index contributed by atoms with van der Waals surface area (Å²) in [4.78, 5) is 17.6. The van der Waals surface area contributed by atoms with Gasteiger partial charge in [-0.1, -0.05) is 51.8 Å². The SMILES string of the molecule is Cc1c(Cl)cccc1N=C1NC(=O)/C(=C\c2ccc(OCc3ccc(Br)cc3)c(I)c2)S1. The highest BCUT2D eigenvalue weighted by molar-refractivity contribution is 14.1. The Labute approximate surface area is 217 Å². The van der Waals surface area contributed by atoms with Crippen LogP contribution < -0.4 is 10.1 Å². The first-order valence-corrected chi connectivity index (χ1v) is 12.7. The molecule has 0 unspecified atom stereocenters. The third kappa shape index (κ3) is 5.75. The number of nitrogens with one attached hydrogen (secondary N) is 1. The van der Waals surface area contributed by atoms with Gasteiger partial charge in [-0.05, 0) is 100 Å². The highest BCUT2D eigenvalue weighted by Crippen LogP contribution is 2.32. The number of rotatable bonds is 5. The second-order valence-corrected chi connectivity index (χ2v) is 10.5. The van der Waals surface area contributed by atoms with Gasteiger partial charge >= 0.3 is 0 Å². The van der Waals surface area contributed by atoms with Crippen LogP contribution >= 0.6 is 61.9 Å². The van der Waals surface area contributed by atoms with Gasteiger partial charge in [-0.3, -0.25) is 4.79 Å². The molecule has 0 atom stereocenters. The monoisotopic (exact) mass is 638 g/mol. The largest absolute Gasteiger partial charge is 0.488 e. The molecule has 1 saturated heterocycles. The molecular weight excluding hydrogens is 623 g/mol. The lowest BCUT2D eigenvalue weighted by molar-refractivity contribution is -0.115. The molecule has 1 fully saturated rings. The van der Waals surface area contributed by atoms with Gasteiger partial charge < -0.3 is 10.1 Å². The van der Waals surface area contributed by atoms with E-state index in [0.29, 0.717) is 21.7 Å². The molecule has 1 heterocycles. The Bertz CT molecular complexity index is 1250. The maximum absolute atomic E-state index is 12.4. The Morgan fingerprint density at radius 3 is 2.72 bits per heavy atom. The number of carbonyl (C=O) groups excluding carboxylic acids is 1. The topological polar surface area (TPSA) is 50.7 Å². The average Bonchev–Trinajstić information content (AvgIpc) is 3.10. The highest BCUT2D eigenvalue weighted by Gasteiger charge is 2.24. The van der Waals surface area contributed by atoms with Crippen LogP contribution in [0.3, 0.4) is 0 Å². The smallest absolute Gasteiger partial charge is 0.264 e. The van der Waals surface area contributed by atoms with E-state index in [1.807, 2.05) is 73.7 Å². The highest BCUT2D eigenvalue weighted by atomic mass is 127. The summed E-state index contributed by atoms with van der Waals surface area (Å²) in [6.07, 6.45) is 1.86. The molecule has 0 aliphatic carbocycles. The number of thioether (sulfide) groups is 1. The lowest BCUT2D eigenvalue weighted by atomic mass is 10.2. The molecule has 162 valence electrons. The van der Waals surface area contributed by atoms with E-state index >= 15 is 0 Å². The van der Waals surface area contributed by atoms with Crippen LogP contribution in [0.5, 0.6) is 5.75 Å². The zero-order valence-corrected chi connectivity index (χ0v) is 22.2. The van der Waals surface area contributed by atoms with Crippen molar-refractivity contribution in [2.45, 2.75) is 13.5 Å². The third-order valence-electron chi connectivity index (χ3n) is 4.67. The minimum Gasteiger partial charge on any atom is -0.488 e. The van der Waals surface area contributed by atoms with E-state index in [9.17, 15) is 4.79 Å². The Morgan fingerprint density at radius 1 is 1.19 bits per heavy atom. The zero-order chi connectivity index (χ0) is 22.7. The molecule has 0 bridgehead atoms. The van der Waals surface area contributed by atoms with Gasteiger partial charge in [0.1, 0.15) is 12.4 Å². The molecule has 4 rings (SSSR count). The molecule has 0 spiro atoms. The molecule has 32 heavy (non-hydrogen) atoms. The van der Waals surface area contributed by atoms with E-state index in [2.05, 4.69) is 48.8 Å². The lowest BCUT2D eigenvalue weighted by Gasteiger charge is -2.09. The van der Waals surface area contributed by atoms with Crippen molar-refractivity contribution in [2.75, 3.05) is 0 Å². The maximum atomic E-state index is 12.4. The second-order valence-electron chi connectivity index (χ2n) is 6.97. The summed E-state index contributed by atoms with van der Waals surface area (Å²) < 4.78 is 7.97. The number of hydrogen-bond acceptors (Lipinski definition) is 4. The van der Waals surface area contributed by atoms with Crippen molar-refractivity contribution < 1.29 is 9.53 Å². The number of hydrogen-bond donors (Lipinski definition) is 1. The van der Waals surface area contributed by atoms with Crippen LogP contribution in [-0.4, -0.2) is 11.1 Å². The number of benzene rings is 3. The van der Waals surface area contributed by atoms with Crippen molar-refractivity contribution >= 4 is 84.7 Å². The summed E-state index contributed by atoms with van der Waals surface area (Å²) in [6, 6.07) is 19.4. The summed E-state index contributed by atoms with van der Waals surface area (Å²) >= 11 is 13.2. The molecule has 8 heteroatoms. The zero-order valence-electron chi connectivity index (χ0n) is 16.9. The van der Waals surface area contributed by atoms with Crippen molar-refractivity contribution in [3.8, 4) is 5.75 Å². The van der Waals surface area contributed by atoms with Crippen molar-refractivity contribution in [3.63, 3.8) is 0 Å². The molecular formula is C24H17BrClIN2O2S. The van der Waals surface area contributed by atoms with E-state index in [-0.39, 0.29) is 5.91 Å². The third-order valence-corrected chi connectivity index (χ3v) is 7.36. The number of ether oxygens (including phenoxy) is 1. The van der Waals surface area contributed by atoms with Crippen molar-refractivity contribution in [3.05, 3.63) is 95.3 Å². The van der Waals surface area contributed by atoms with E-state index < -0.39 is 0 Å². The van der Waals surface area contributed by atoms with Gasteiger partial charge in [-0.15, -0.1) is 0 Å². The average molecular weight is 640 g/mol. The van der Waals surface area contributed by atoms with Gasteiger partial charge in [0, 0.05) is 9.50 Å². The molecule has 0 aromatic heterocycles. The number of nitrogens with zero attached hydrogens (tertiary/aromatic N) is 1. The molecule has 1 aliphatic rings. The van der Waals surface area contributed by atoms with Gasteiger partial charge in [-0.25, -0.2) is 4.99 Å². The Kier molecular flexibility index (Phi) is 7.60. The minimum absolute atomic E-state index is 0.168. The predicted molar refractivity (Wildman–Crippen MR) is 145 cm³/mol. The summed E-state index contributed by atoms with van der Waals surface area (Å²) in [5.74, 6) is 0.636. The number of carbonyl (C=O) groups is 1.